The van der Waals surface area contributed by atoms with E-state index in [-0.39, 0.29) is 17.3 Å². The van der Waals surface area contributed by atoms with Gasteiger partial charge >= 0.3 is 0 Å². The van der Waals surface area contributed by atoms with E-state index in [1.54, 1.807) is 13.8 Å². The van der Waals surface area contributed by atoms with Gasteiger partial charge in [0.1, 0.15) is 6.54 Å². The summed E-state index contributed by atoms with van der Waals surface area (Å²) in [6.45, 7) is 8.52. The molecule has 1 unspecified atom stereocenters. The molecule has 8 nitrogen and oxygen atoms in total. The number of carbonyl (C=O) groups excluding carboxylic acids is 1. The topological polar surface area (TPSA) is 91.7 Å². The largest absolute Gasteiger partial charge is 0.353 e. The van der Waals surface area contributed by atoms with Gasteiger partial charge in [-0.05, 0) is 32.4 Å². The number of pyridine rings is 1. The van der Waals surface area contributed by atoms with Crippen molar-refractivity contribution in [3.05, 3.63) is 28.7 Å². The van der Waals surface area contributed by atoms with Gasteiger partial charge in [0.2, 0.25) is 15.9 Å². The third-order valence-electron chi connectivity index (χ3n) is 5.28. The molecule has 1 N–H and O–H groups in total. The summed E-state index contributed by atoms with van der Waals surface area (Å²) in [6, 6.07) is 3.01. The van der Waals surface area contributed by atoms with Gasteiger partial charge < -0.3 is 9.88 Å². The maximum atomic E-state index is 12.6. The van der Waals surface area contributed by atoms with E-state index in [1.165, 1.54) is 41.9 Å². The number of carbonyl (C=O) groups is 1. The third-order valence-corrected chi connectivity index (χ3v) is 7.31. The minimum Gasteiger partial charge on any atom is -0.353 e. The molecular weight excluding hydrogens is 380 g/mol. The molecule has 0 aliphatic carbocycles. The van der Waals surface area contributed by atoms with Crippen LogP contribution in [0.3, 0.4) is 0 Å². The Morgan fingerprint density at radius 1 is 1.25 bits per heavy atom. The second-order valence-electron chi connectivity index (χ2n) is 7.15. The summed E-state index contributed by atoms with van der Waals surface area (Å²) in [7, 11) is -3.68. The van der Waals surface area contributed by atoms with E-state index in [9.17, 15) is 18.0 Å². The number of aromatic nitrogens is 1. The highest BCUT2D eigenvalue weighted by Crippen LogP contribution is 2.15. The fraction of sp³-hybridized carbons (Fsp3) is 0.684. The fourth-order valence-electron chi connectivity index (χ4n) is 3.54. The van der Waals surface area contributed by atoms with Crippen molar-refractivity contribution in [2.24, 2.45) is 0 Å². The highest BCUT2D eigenvalue weighted by Gasteiger charge is 2.23. The lowest BCUT2D eigenvalue weighted by Crippen LogP contribution is -2.43. The third kappa shape index (κ3) is 5.65. The molecule has 0 radical (unpaired) electrons. The lowest BCUT2D eigenvalue weighted by Gasteiger charge is -2.33. The molecule has 9 heteroatoms. The number of nitrogens with zero attached hydrogens (tertiary/aromatic N) is 3. The van der Waals surface area contributed by atoms with Crippen LogP contribution >= 0.6 is 0 Å². The number of piperidine rings is 1. The van der Waals surface area contributed by atoms with Gasteiger partial charge in [-0.15, -0.1) is 0 Å². The Kier molecular flexibility index (Phi) is 8.21. The molecule has 0 saturated carbocycles. The first-order valence-electron chi connectivity index (χ1n) is 10.0. The van der Waals surface area contributed by atoms with Crippen LogP contribution in [0.4, 0.5) is 0 Å². The van der Waals surface area contributed by atoms with Crippen molar-refractivity contribution in [3.63, 3.8) is 0 Å². The van der Waals surface area contributed by atoms with Crippen LogP contribution in [0.25, 0.3) is 0 Å². The second-order valence-corrected chi connectivity index (χ2v) is 9.09. The summed E-state index contributed by atoms with van der Waals surface area (Å²) in [5, 5.41) is 2.83. The predicted octanol–water partition coefficient (Wildman–Crippen LogP) is 0.869. The van der Waals surface area contributed by atoms with Crippen molar-refractivity contribution < 1.29 is 13.2 Å². The molecule has 1 saturated heterocycles. The van der Waals surface area contributed by atoms with Gasteiger partial charge in [-0.25, -0.2) is 8.42 Å². The lowest BCUT2D eigenvalue weighted by atomic mass is 10.0. The lowest BCUT2D eigenvalue weighted by molar-refractivity contribution is -0.121. The van der Waals surface area contributed by atoms with E-state index in [2.05, 4.69) is 17.1 Å². The van der Waals surface area contributed by atoms with E-state index in [1.807, 2.05) is 0 Å². The molecular formula is C19H32N4O4S. The van der Waals surface area contributed by atoms with Crippen molar-refractivity contribution in [1.82, 2.24) is 19.1 Å². The van der Waals surface area contributed by atoms with Crippen LogP contribution in [0.5, 0.6) is 0 Å². The molecule has 1 aromatic heterocycles. The zero-order valence-electron chi connectivity index (χ0n) is 17.1. The number of nitrogens with one attached hydrogen (secondary N) is 1. The SMILES string of the molecule is CCN(CC)S(=O)(=O)c1ccc(=O)n(CC(=O)NCCN2CCCCC2C)c1. The maximum Gasteiger partial charge on any atom is 0.251 e. The quantitative estimate of drug-likeness (QED) is 0.650. The van der Waals surface area contributed by atoms with E-state index < -0.39 is 15.6 Å². The summed E-state index contributed by atoms with van der Waals surface area (Å²) in [5.74, 6) is -0.302. The first kappa shape index (κ1) is 22.6. The predicted molar refractivity (Wildman–Crippen MR) is 109 cm³/mol. The molecule has 1 aromatic rings. The first-order chi connectivity index (χ1) is 13.3. The average molecular weight is 413 g/mol. The van der Waals surface area contributed by atoms with Crippen molar-refractivity contribution >= 4 is 15.9 Å². The minimum absolute atomic E-state index is 0.0192. The summed E-state index contributed by atoms with van der Waals surface area (Å²) >= 11 is 0. The summed E-state index contributed by atoms with van der Waals surface area (Å²) in [6.07, 6.45) is 4.86. The first-order valence-corrected chi connectivity index (χ1v) is 11.4. The normalized spacial score (nSPS) is 18.4. The Balaban J connectivity index is 1.99. The van der Waals surface area contributed by atoms with E-state index in [4.69, 9.17) is 0 Å². The van der Waals surface area contributed by atoms with Gasteiger partial charge in [-0.1, -0.05) is 20.3 Å². The molecule has 0 aromatic carbocycles. The maximum absolute atomic E-state index is 12.6. The molecule has 2 heterocycles. The zero-order valence-corrected chi connectivity index (χ0v) is 17.9. The zero-order chi connectivity index (χ0) is 20.7. The molecule has 1 aliphatic rings. The van der Waals surface area contributed by atoms with Crippen molar-refractivity contribution in [3.8, 4) is 0 Å². The fourth-order valence-corrected chi connectivity index (χ4v) is 5.02. The molecule has 1 fully saturated rings. The van der Waals surface area contributed by atoms with Crippen LogP contribution in [0.1, 0.15) is 40.0 Å². The average Bonchev–Trinajstić information content (AvgIpc) is 2.65. The van der Waals surface area contributed by atoms with Crippen LogP contribution in [-0.2, 0) is 21.4 Å². The molecule has 1 amide bonds. The number of amides is 1. The van der Waals surface area contributed by atoms with Crippen LogP contribution in [-0.4, -0.2) is 66.9 Å². The van der Waals surface area contributed by atoms with E-state index in [0.717, 1.165) is 17.7 Å². The smallest absolute Gasteiger partial charge is 0.251 e. The van der Waals surface area contributed by atoms with Gasteiger partial charge in [0.05, 0.1) is 4.90 Å². The molecule has 1 aliphatic heterocycles. The molecule has 0 spiro atoms. The number of likely N-dealkylation sites (tertiary alicyclic amines) is 1. The van der Waals surface area contributed by atoms with Crippen LogP contribution in [0.2, 0.25) is 0 Å². The number of hydrogen-bond acceptors (Lipinski definition) is 5. The molecule has 2 rings (SSSR count). The summed E-state index contributed by atoms with van der Waals surface area (Å²) in [4.78, 5) is 26.7. The Hall–Kier alpha value is -1.71. The highest BCUT2D eigenvalue weighted by atomic mass is 32.2. The van der Waals surface area contributed by atoms with Gasteiger partial charge in [-0.2, -0.15) is 4.31 Å². The van der Waals surface area contributed by atoms with Crippen molar-refractivity contribution in [2.75, 3.05) is 32.7 Å². The number of hydrogen-bond donors (Lipinski definition) is 1. The van der Waals surface area contributed by atoms with Crippen LogP contribution in [0.15, 0.2) is 28.0 Å². The minimum atomic E-state index is -3.68. The van der Waals surface area contributed by atoms with Gasteiger partial charge in [0.25, 0.3) is 5.56 Å². The van der Waals surface area contributed by atoms with E-state index >= 15 is 0 Å². The molecule has 158 valence electrons. The Labute approximate surface area is 167 Å². The highest BCUT2D eigenvalue weighted by molar-refractivity contribution is 7.89. The summed E-state index contributed by atoms with van der Waals surface area (Å²) in [5.41, 5.74) is -0.404. The van der Waals surface area contributed by atoms with E-state index in [0.29, 0.717) is 25.7 Å². The Morgan fingerprint density at radius 3 is 2.61 bits per heavy atom. The Bertz CT molecular complexity index is 817. The van der Waals surface area contributed by atoms with Gasteiger partial charge in [0.15, 0.2) is 0 Å². The number of sulfonamides is 1. The molecule has 1 atom stereocenters. The molecule has 28 heavy (non-hydrogen) atoms. The number of rotatable bonds is 9. The monoisotopic (exact) mass is 412 g/mol. The Morgan fingerprint density at radius 2 is 1.96 bits per heavy atom. The van der Waals surface area contributed by atoms with Crippen molar-refractivity contribution in [2.45, 2.75) is 57.5 Å². The van der Waals surface area contributed by atoms with Crippen molar-refractivity contribution in [1.29, 1.82) is 0 Å². The molecule has 0 bridgehead atoms. The second kappa shape index (κ2) is 10.2. The summed E-state index contributed by atoms with van der Waals surface area (Å²) < 4.78 is 27.7. The van der Waals surface area contributed by atoms with Crippen LogP contribution < -0.4 is 10.9 Å². The van der Waals surface area contributed by atoms with Gasteiger partial charge in [-0.3, -0.25) is 14.5 Å². The van der Waals surface area contributed by atoms with Gasteiger partial charge in [0, 0.05) is 44.5 Å². The van der Waals surface area contributed by atoms with Crippen LogP contribution in [0, 0.1) is 0 Å². The standard InChI is InChI=1S/C19H32N4O4S/c1-4-23(5-2)28(26,27)17-9-10-19(25)22(14-17)15-18(24)20-11-13-21-12-7-6-8-16(21)3/h9-10,14,16H,4-8,11-13,15H2,1-3H3,(H,20,24).